The van der Waals surface area contributed by atoms with E-state index in [9.17, 15) is 4.79 Å². The van der Waals surface area contributed by atoms with Gasteiger partial charge in [0.15, 0.2) is 0 Å². The van der Waals surface area contributed by atoms with Crippen LogP contribution in [0.25, 0.3) is 10.9 Å². The van der Waals surface area contributed by atoms with Crippen LogP contribution in [0.15, 0.2) is 48.7 Å². The predicted octanol–water partition coefficient (Wildman–Crippen LogP) is 2.93. The van der Waals surface area contributed by atoms with Crippen molar-refractivity contribution in [3.63, 3.8) is 0 Å². The van der Waals surface area contributed by atoms with Crippen LogP contribution in [-0.4, -0.2) is 27.1 Å². The fourth-order valence-electron chi connectivity index (χ4n) is 3.38. The van der Waals surface area contributed by atoms with E-state index in [1.165, 1.54) is 11.1 Å². The Labute approximate surface area is 135 Å². The average Bonchev–Trinajstić information content (AvgIpc) is 2.98. The summed E-state index contributed by atoms with van der Waals surface area (Å²) >= 11 is 0. The van der Waals surface area contributed by atoms with Crippen LogP contribution < -0.4 is 0 Å². The van der Waals surface area contributed by atoms with E-state index in [1.54, 1.807) is 0 Å². The highest BCUT2D eigenvalue weighted by molar-refractivity contribution is 5.84. The first-order valence-corrected chi connectivity index (χ1v) is 7.98. The Hall–Kier alpha value is -2.62. The molecular weight excluding hydrogens is 286 g/mol. The molecule has 1 aliphatic heterocycles. The summed E-state index contributed by atoms with van der Waals surface area (Å²) in [6.45, 7) is 3.85. The van der Waals surface area contributed by atoms with Crippen molar-refractivity contribution < 1.29 is 4.79 Å². The first-order valence-electron chi connectivity index (χ1n) is 7.98. The maximum Gasteiger partial charge on any atom is 0.244 e. The van der Waals surface area contributed by atoms with E-state index in [2.05, 4.69) is 36.3 Å². The van der Waals surface area contributed by atoms with Crippen molar-refractivity contribution >= 4 is 16.8 Å². The van der Waals surface area contributed by atoms with Crippen molar-refractivity contribution in [1.29, 1.82) is 0 Å². The Morgan fingerprint density at radius 1 is 1.13 bits per heavy atom. The smallest absolute Gasteiger partial charge is 0.244 e. The SMILES string of the molecule is Cc1cccc2cnn(CC(=O)N3CCc4ccccc4C3)c12. The van der Waals surface area contributed by atoms with Gasteiger partial charge in [0.1, 0.15) is 6.54 Å². The maximum absolute atomic E-state index is 12.7. The van der Waals surface area contributed by atoms with Crippen LogP contribution >= 0.6 is 0 Å². The van der Waals surface area contributed by atoms with Gasteiger partial charge in [-0.25, -0.2) is 0 Å². The quantitative estimate of drug-likeness (QED) is 0.730. The molecule has 4 rings (SSSR count). The molecule has 0 bridgehead atoms. The summed E-state index contributed by atoms with van der Waals surface area (Å²) in [4.78, 5) is 14.6. The molecule has 116 valence electrons. The molecule has 0 spiro atoms. The van der Waals surface area contributed by atoms with Gasteiger partial charge in [0, 0.05) is 18.5 Å². The molecule has 4 heteroatoms. The van der Waals surface area contributed by atoms with Gasteiger partial charge in [0.25, 0.3) is 0 Å². The molecule has 0 unspecified atom stereocenters. The summed E-state index contributed by atoms with van der Waals surface area (Å²) in [5, 5.41) is 5.49. The Bertz CT molecular complexity index is 881. The lowest BCUT2D eigenvalue weighted by Crippen LogP contribution is -2.38. The fourth-order valence-corrected chi connectivity index (χ4v) is 3.38. The molecule has 0 saturated heterocycles. The molecule has 0 aliphatic carbocycles. The minimum atomic E-state index is 0.132. The van der Waals surface area contributed by atoms with Gasteiger partial charge in [0.2, 0.25) is 5.91 Å². The Balaban J connectivity index is 1.56. The van der Waals surface area contributed by atoms with Gasteiger partial charge in [-0.05, 0) is 30.0 Å². The third-order valence-electron chi connectivity index (χ3n) is 4.63. The first kappa shape index (κ1) is 14.0. The summed E-state index contributed by atoms with van der Waals surface area (Å²) in [7, 11) is 0. The minimum Gasteiger partial charge on any atom is -0.336 e. The van der Waals surface area contributed by atoms with Crippen LogP contribution in [0.3, 0.4) is 0 Å². The van der Waals surface area contributed by atoms with Crippen LogP contribution in [0.5, 0.6) is 0 Å². The summed E-state index contributed by atoms with van der Waals surface area (Å²) in [5.41, 5.74) is 4.82. The number of aromatic nitrogens is 2. The molecule has 0 atom stereocenters. The molecule has 0 radical (unpaired) electrons. The average molecular weight is 305 g/mol. The zero-order valence-electron chi connectivity index (χ0n) is 13.2. The highest BCUT2D eigenvalue weighted by Gasteiger charge is 2.21. The number of benzene rings is 2. The van der Waals surface area contributed by atoms with Crippen molar-refractivity contribution in [2.45, 2.75) is 26.4 Å². The number of aryl methyl sites for hydroxylation is 1. The molecule has 1 amide bonds. The van der Waals surface area contributed by atoms with Gasteiger partial charge in [-0.3, -0.25) is 9.48 Å². The minimum absolute atomic E-state index is 0.132. The van der Waals surface area contributed by atoms with Crippen molar-refractivity contribution in [2.24, 2.45) is 0 Å². The van der Waals surface area contributed by atoms with E-state index in [4.69, 9.17) is 0 Å². The highest BCUT2D eigenvalue weighted by atomic mass is 16.2. The van der Waals surface area contributed by atoms with Crippen molar-refractivity contribution in [2.75, 3.05) is 6.54 Å². The monoisotopic (exact) mass is 305 g/mol. The van der Waals surface area contributed by atoms with Gasteiger partial charge < -0.3 is 4.90 Å². The normalized spacial score (nSPS) is 14.0. The zero-order valence-corrected chi connectivity index (χ0v) is 13.2. The molecular formula is C19H19N3O. The second kappa shape index (κ2) is 5.54. The number of nitrogens with zero attached hydrogens (tertiary/aromatic N) is 3. The van der Waals surface area contributed by atoms with Crippen molar-refractivity contribution in [3.8, 4) is 0 Å². The van der Waals surface area contributed by atoms with Crippen LogP contribution in [0, 0.1) is 6.92 Å². The molecule has 1 aliphatic rings. The third-order valence-corrected chi connectivity index (χ3v) is 4.63. The molecule has 23 heavy (non-hydrogen) atoms. The highest BCUT2D eigenvalue weighted by Crippen LogP contribution is 2.20. The lowest BCUT2D eigenvalue weighted by atomic mass is 10.00. The summed E-state index contributed by atoms with van der Waals surface area (Å²) in [6.07, 6.45) is 2.77. The van der Waals surface area contributed by atoms with E-state index >= 15 is 0 Å². The van der Waals surface area contributed by atoms with Crippen molar-refractivity contribution in [3.05, 3.63) is 65.4 Å². The Morgan fingerprint density at radius 2 is 1.96 bits per heavy atom. The second-order valence-corrected chi connectivity index (χ2v) is 6.15. The standard InChI is InChI=1S/C19H19N3O/c1-14-5-4-8-16-11-20-22(19(14)16)13-18(23)21-10-9-15-6-2-3-7-17(15)12-21/h2-8,11H,9-10,12-13H2,1H3. The number of para-hydroxylation sites is 1. The molecule has 2 heterocycles. The van der Waals surface area contributed by atoms with E-state index in [0.29, 0.717) is 13.1 Å². The van der Waals surface area contributed by atoms with Gasteiger partial charge in [0.05, 0.1) is 11.7 Å². The van der Waals surface area contributed by atoms with E-state index in [0.717, 1.165) is 29.4 Å². The van der Waals surface area contributed by atoms with E-state index in [-0.39, 0.29) is 5.91 Å². The fraction of sp³-hybridized carbons (Fsp3) is 0.263. The van der Waals surface area contributed by atoms with Crippen LogP contribution in [0.2, 0.25) is 0 Å². The summed E-state index contributed by atoms with van der Waals surface area (Å²) in [5.74, 6) is 0.132. The molecule has 1 aromatic heterocycles. The predicted molar refractivity (Wildman–Crippen MR) is 90.0 cm³/mol. The van der Waals surface area contributed by atoms with Crippen LogP contribution in [0.1, 0.15) is 16.7 Å². The lowest BCUT2D eigenvalue weighted by Gasteiger charge is -2.29. The number of rotatable bonds is 2. The largest absolute Gasteiger partial charge is 0.336 e. The summed E-state index contributed by atoms with van der Waals surface area (Å²) < 4.78 is 1.83. The van der Waals surface area contributed by atoms with Gasteiger partial charge >= 0.3 is 0 Å². The Kier molecular flexibility index (Phi) is 3.37. The molecule has 2 aromatic carbocycles. The molecule has 4 nitrogen and oxygen atoms in total. The van der Waals surface area contributed by atoms with Gasteiger partial charge in [-0.1, -0.05) is 42.5 Å². The van der Waals surface area contributed by atoms with E-state index < -0.39 is 0 Å². The van der Waals surface area contributed by atoms with E-state index in [1.807, 2.05) is 34.0 Å². The number of carbonyl (C=O) groups is 1. The lowest BCUT2D eigenvalue weighted by molar-refractivity contribution is -0.132. The number of amides is 1. The topological polar surface area (TPSA) is 38.1 Å². The molecule has 0 saturated carbocycles. The Morgan fingerprint density at radius 3 is 2.83 bits per heavy atom. The number of hydrogen-bond acceptors (Lipinski definition) is 2. The van der Waals surface area contributed by atoms with Crippen LogP contribution in [0.4, 0.5) is 0 Å². The molecule has 3 aromatic rings. The number of hydrogen-bond donors (Lipinski definition) is 0. The molecule has 0 fully saturated rings. The third kappa shape index (κ3) is 2.50. The number of fused-ring (bicyclic) bond motifs is 2. The van der Waals surface area contributed by atoms with Gasteiger partial charge in [-0.2, -0.15) is 5.10 Å². The van der Waals surface area contributed by atoms with Crippen LogP contribution in [-0.2, 0) is 24.3 Å². The zero-order chi connectivity index (χ0) is 15.8. The van der Waals surface area contributed by atoms with Crippen molar-refractivity contribution in [1.82, 2.24) is 14.7 Å². The number of carbonyl (C=O) groups excluding carboxylic acids is 1. The van der Waals surface area contributed by atoms with Gasteiger partial charge in [-0.15, -0.1) is 0 Å². The first-order chi connectivity index (χ1) is 11.2. The second-order valence-electron chi connectivity index (χ2n) is 6.15. The summed E-state index contributed by atoms with van der Waals surface area (Å²) in [6, 6.07) is 14.5. The molecule has 0 N–H and O–H groups in total. The maximum atomic E-state index is 12.7.